The summed E-state index contributed by atoms with van der Waals surface area (Å²) in [5, 5.41) is 12.6. The number of carboxylic acid groups (broad SMARTS) is 1. The monoisotopic (exact) mass is 290 g/mol. The molecule has 0 aliphatic rings. The highest BCUT2D eigenvalue weighted by molar-refractivity contribution is 6.37. The molecule has 21 heavy (non-hydrogen) atoms. The molecule has 0 fully saturated rings. The predicted octanol–water partition coefficient (Wildman–Crippen LogP) is 1.20. The Morgan fingerprint density at radius 2 is 2.14 bits per heavy atom. The third-order valence-electron chi connectivity index (χ3n) is 2.47. The Balaban J connectivity index is 2.23. The van der Waals surface area contributed by atoms with E-state index in [1.807, 2.05) is 0 Å². The Hall–Kier alpha value is -3.03. The highest BCUT2D eigenvalue weighted by Crippen LogP contribution is 2.08. The van der Waals surface area contributed by atoms with Crippen LogP contribution in [0, 0.1) is 5.82 Å². The summed E-state index contributed by atoms with van der Waals surface area (Å²) in [5.41, 5.74) is 6.03. The molecule has 8 heteroatoms. The van der Waals surface area contributed by atoms with E-state index in [2.05, 4.69) is 19.7 Å². The molecular weight excluding hydrogens is 279 g/mol. The lowest BCUT2D eigenvalue weighted by molar-refractivity contribution is -0.129. The quantitative estimate of drug-likeness (QED) is 0.651. The maximum Gasteiger partial charge on any atom is 0.373 e. The molecule has 2 aromatic rings. The van der Waals surface area contributed by atoms with E-state index in [0.717, 1.165) is 0 Å². The second kappa shape index (κ2) is 6.42. The van der Waals surface area contributed by atoms with E-state index >= 15 is 0 Å². The molecule has 0 atom stereocenters. The average molecular weight is 290 g/mol. The van der Waals surface area contributed by atoms with Crippen molar-refractivity contribution < 1.29 is 18.8 Å². The van der Waals surface area contributed by atoms with E-state index in [9.17, 15) is 9.18 Å². The minimum atomic E-state index is -1.38. The van der Waals surface area contributed by atoms with Gasteiger partial charge in [0, 0.05) is 11.6 Å². The Kier molecular flexibility index (Phi) is 4.39. The third-order valence-corrected chi connectivity index (χ3v) is 2.47. The van der Waals surface area contributed by atoms with Gasteiger partial charge < -0.3 is 15.4 Å². The summed E-state index contributed by atoms with van der Waals surface area (Å²) in [6.07, 6.45) is 1.27. The molecular formula is C13H11FN4O3. The van der Waals surface area contributed by atoms with Crippen molar-refractivity contribution in [3.8, 4) is 0 Å². The summed E-state index contributed by atoms with van der Waals surface area (Å²) in [6, 6.07) is 7.35. The number of aromatic nitrogens is 1. The van der Waals surface area contributed by atoms with E-state index in [1.54, 1.807) is 6.07 Å². The molecule has 3 N–H and O–H groups in total. The number of halogens is 1. The van der Waals surface area contributed by atoms with Crippen LogP contribution in [-0.2, 0) is 11.3 Å². The van der Waals surface area contributed by atoms with Crippen molar-refractivity contribution in [2.75, 3.05) is 0 Å². The Labute approximate surface area is 118 Å². The number of aliphatic imine (C=N–C) groups is 2. The van der Waals surface area contributed by atoms with Crippen LogP contribution in [0.2, 0.25) is 0 Å². The van der Waals surface area contributed by atoms with Gasteiger partial charge in [-0.3, -0.25) is 4.99 Å². The van der Waals surface area contributed by atoms with Crippen LogP contribution in [0.4, 0.5) is 4.39 Å². The highest BCUT2D eigenvalue weighted by atomic mass is 19.1. The van der Waals surface area contributed by atoms with Crippen LogP contribution < -0.4 is 5.73 Å². The number of carboxylic acids is 1. The summed E-state index contributed by atoms with van der Waals surface area (Å²) in [4.78, 5) is 18.5. The zero-order valence-corrected chi connectivity index (χ0v) is 10.7. The third kappa shape index (κ3) is 3.72. The second-order valence-electron chi connectivity index (χ2n) is 3.92. The smallest absolute Gasteiger partial charge is 0.373 e. The van der Waals surface area contributed by atoms with Crippen molar-refractivity contribution in [2.45, 2.75) is 6.54 Å². The normalized spacial score (nSPS) is 12.4. The number of hydrogen-bond acceptors (Lipinski definition) is 4. The lowest BCUT2D eigenvalue weighted by Gasteiger charge is -2.00. The molecule has 0 aliphatic carbocycles. The zero-order chi connectivity index (χ0) is 15.2. The minimum Gasteiger partial charge on any atom is -0.475 e. The highest BCUT2D eigenvalue weighted by Gasteiger charge is 2.11. The second-order valence-corrected chi connectivity index (χ2v) is 3.92. The van der Waals surface area contributed by atoms with E-state index in [4.69, 9.17) is 10.8 Å². The largest absolute Gasteiger partial charge is 0.475 e. The van der Waals surface area contributed by atoms with Crippen molar-refractivity contribution in [3.63, 3.8) is 0 Å². The molecule has 1 aromatic carbocycles. The summed E-state index contributed by atoms with van der Waals surface area (Å²) in [5.74, 6) is -2.55. The Morgan fingerprint density at radius 1 is 1.38 bits per heavy atom. The van der Waals surface area contributed by atoms with Crippen molar-refractivity contribution >= 4 is 17.6 Å². The molecule has 0 aliphatic heterocycles. The molecule has 1 aromatic heterocycles. The van der Waals surface area contributed by atoms with Gasteiger partial charge in [0.25, 0.3) is 0 Å². The van der Waals surface area contributed by atoms with Crippen molar-refractivity contribution in [2.24, 2.45) is 15.7 Å². The molecule has 0 unspecified atom stereocenters. The number of amidine groups is 2. The fraction of sp³-hybridized carbons (Fsp3) is 0.0769. The van der Waals surface area contributed by atoms with Crippen LogP contribution in [0.3, 0.4) is 0 Å². The fourth-order valence-electron chi connectivity index (χ4n) is 1.45. The summed E-state index contributed by atoms with van der Waals surface area (Å²) >= 11 is 0. The first-order chi connectivity index (χ1) is 10.1. The fourth-order valence-corrected chi connectivity index (χ4v) is 1.45. The number of carbonyl (C=O) groups is 1. The summed E-state index contributed by atoms with van der Waals surface area (Å²) in [6.45, 7) is -0.163. The van der Waals surface area contributed by atoms with Gasteiger partial charge in [-0.2, -0.15) is 0 Å². The molecule has 108 valence electrons. The van der Waals surface area contributed by atoms with E-state index in [1.165, 1.54) is 30.5 Å². The number of rotatable bonds is 3. The average Bonchev–Trinajstić information content (AvgIpc) is 2.98. The van der Waals surface area contributed by atoms with Gasteiger partial charge in [-0.1, -0.05) is 23.4 Å². The first-order valence-corrected chi connectivity index (χ1v) is 5.84. The van der Waals surface area contributed by atoms with Crippen LogP contribution >= 0.6 is 0 Å². The first kappa shape index (κ1) is 14.4. The molecule has 0 bridgehead atoms. The van der Waals surface area contributed by atoms with Crippen LogP contribution in [-0.4, -0.2) is 27.9 Å². The van der Waals surface area contributed by atoms with Gasteiger partial charge in [0.15, 0.2) is 5.84 Å². The van der Waals surface area contributed by atoms with Crippen LogP contribution in [0.5, 0.6) is 0 Å². The topological polar surface area (TPSA) is 114 Å². The molecule has 0 radical (unpaired) electrons. The molecule has 1 heterocycles. The zero-order valence-electron chi connectivity index (χ0n) is 10.7. The molecule has 7 nitrogen and oxygen atoms in total. The molecule has 0 amide bonds. The maximum atomic E-state index is 13.4. The standard InChI is InChI=1S/C13H11FN4O3/c14-9-4-2-1-3-8(9)7-16-12(13(19)20)17-11(15)10-5-6-21-18-10/h1-6H,7H2,(H,19,20)(H2,15,16,17). The van der Waals surface area contributed by atoms with Crippen molar-refractivity contribution in [1.82, 2.24) is 5.16 Å². The van der Waals surface area contributed by atoms with Crippen LogP contribution in [0.15, 0.2) is 51.1 Å². The number of nitrogens with zero attached hydrogens (tertiary/aromatic N) is 3. The van der Waals surface area contributed by atoms with Gasteiger partial charge in [0.2, 0.25) is 5.84 Å². The van der Waals surface area contributed by atoms with Crippen molar-refractivity contribution in [1.29, 1.82) is 0 Å². The molecule has 0 spiro atoms. The van der Waals surface area contributed by atoms with Gasteiger partial charge in [-0.25, -0.2) is 14.2 Å². The summed E-state index contributed by atoms with van der Waals surface area (Å²) < 4.78 is 18.0. The van der Waals surface area contributed by atoms with Gasteiger partial charge >= 0.3 is 5.97 Å². The van der Waals surface area contributed by atoms with Gasteiger partial charge in [0.1, 0.15) is 17.8 Å². The van der Waals surface area contributed by atoms with E-state index in [0.29, 0.717) is 0 Å². The minimum absolute atomic E-state index is 0.154. The molecule has 0 saturated carbocycles. The number of nitrogens with two attached hydrogens (primary N) is 1. The Bertz CT molecular complexity index is 695. The first-order valence-electron chi connectivity index (χ1n) is 5.84. The van der Waals surface area contributed by atoms with Crippen LogP contribution in [0.1, 0.15) is 11.3 Å². The lowest BCUT2D eigenvalue weighted by atomic mass is 10.2. The molecule has 2 rings (SSSR count). The van der Waals surface area contributed by atoms with E-state index in [-0.39, 0.29) is 23.6 Å². The van der Waals surface area contributed by atoms with E-state index < -0.39 is 17.6 Å². The predicted molar refractivity (Wildman–Crippen MR) is 72.4 cm³/mol. The number of benzene rings is 1. The number of hydrogen-bond donors (Lipinski definition) is 2. The van der Waals surface area contributed by atoms with Gasteiger partial charge in [0.05, 0.1) is 6.54 Å². The summed E-state index contributed by atoms with van der Waals surface area (Å²) in [7, 11) is 0. The number of aliphatic carboxylic acids is 1. The van der Waals surface area contributed by atoms with Crippen molar-refractivity contribution in [3.05, 3.63) is 53.7 Å². The Morgan fingerprint density at radius 3 is 2.76 bits per heavy atom. The molecule has 0 saturated heterocycles. The maximum absolute atomic E-state index is 13.4. The van der Waals surface area contributed by atoms with Crippen LogP contribution in [0.25, 0.3) is 0 Å². The lowest BCUT2D eigenvalue weighted by Crippen LogP contribution is -2.20. The van der Waals surface area contributed by atoms with Gasteiger partial charge in [-0.15, -0.1) is 0 Å². The SMILES string of the molecule is NC(=NC(=NCc1ccccc1F)C(=O)O)c1ccon1. The van der Waals surface area contributed by atoms with Gasteiger partial charge in [-0.05, 0) is 6.07 Å².